The summed E-state index contributed by atoms with van der Waals surface area (Å²) in [6.45, 7) is 2.01. The van der Waals surface area contributed by atoms with Crippen molar-refractivity contribution in [3.05, 3.63) is 59.7 Å². The van der Waals surface area contributed by atoms with E-state index in [0.717, 1.165) is 21.7 Å². The number of aryl methyl sites for hydroxylation is 1. The third kappa shape index (κ3) is 1.79. The molecular formula is C17H13NO2S2. The third-order valence-corrected chi connectivity index (χ3v) is 6.55. The average Bonchev–Trinajstić information content (AvgIpc) is 3.00. The van der Waals surface area contributed by atoms with Crippen molar-refractivity contribution in [1.29, 1.82) is 0 Å². The van der Waals surface area contributed by atoms with Gasteiger partial charge in [-0.25, -0.2) is 0 Å². The fourth-order valence-corrected chi connectivity index (χ4v) is 5.60. The molecule has 0 N–H and O–H groups in total. The van der Waals surface area contributed by atoms with E-state index in [0.29, 0.717) is 5.75 Å². The molecule has 2 aliphatic rings. The van der Waals surface area contributed by atoms with Crippen LogP contribution in [0.25, 0.3) is 0 Å². The molecule has 110 valence electrons. The summed E-state index contributed by atoms with van der Waals surface area (Å²) in [5.74, 6) is 0.314. The number of anilines is 1. The molecule has 3 nitrogen and oxygen atoms in total. The highest BCUT2D eigenvalue weighted by Gasteiger charge is 2.58. The zero-order chi connectivity index (χ0) is 15.3. The van der Waals surface area contributed by atoms with Crippen molar-refractivity contribution in [1.82, 2.24) is 0 Å². The molecule has 1 fully saturated rings. The van der Waals surface area contributed by atoms with Crippen molar-refractivity contribution in [3.8, 4) is 0 Å². The Balaban J connectivity index is 1.95. The molecule has 0 bridgehead atoms. The number of amides is 1. The lowest BCUT2D eigenvalue weighted by atomic mass is 10.0. The standard InChI is InChI=1S/C17H13NO2S2/c1-11-7-8-14-13(9-11)17(16(20)22-14)18(15(19)10-21-17)12-5-3-2-4-6-12/h2-9H,10H2,1H3. The van der Waals surface area contributed by atoms with E-state index in [2.05, 4.69) is 0 Å². The van der Waals surface area contributed by atoms with Crippen molar-refractivity contribution in [2.24, 2.45) is 0 Å². The van der Waals surface area contributed by atoms with E-state index in [1.54, 1.807) is 4.90 Å². The minimum Gasteiger partial charge on any atom is -0.284 e. The first-order valence-corrected chi connectivity index (χ1v) is 8.78. The van der Waals surface area contributed by atoms with Crippen LogP contribution in [0, 0.1) is 6.92 Å². The number of rotatable bonds is 1. The molecule has 1 atom stereocenters. The molecule has 2 heterocycles. The first-order chi connectivity index (χ1) is 10.6. The molecule has 5 heteroatoms. The molecule has 2 aromatic rings. The Morgan fingerprint density at radius 3 is 2.64 bits per heavy atom. The zero-order valence-corrected chi connectivity index (χ0v) is 13.5. The van der Waals surface area contributed by atoms with Crippen molar-refractivity contribution >= 4 is 40.2 Å². The van der Waals surface area contributed by atoms with Gasteiger partial charge < -0.3 is 0 Å². The number of benzene rings is 2. The lowest BCUT2D eigenvalue weighted by Gasteiger charge is -2.32. The molecule has 1 unspecified atom stereocenters. The van der Waals surface area contributed by atoms with E-state index in [1.165, 1.54) is 23.5 Å². The summed E-state index contributed by atoms with van der Waals surface area (Å²) in [7, 11) is 0. The molecule has 0 radical (unpaired) electrons. The lowest BCUT2D eigenvalue weighted by molar-refractivity contribution is -0.119. The molecule has 2 aromatic carbocycles. The Morgan fingerprint density at radius 1 is 1.09 bits per heavy atom. The number of fused-ring (bicyclic) bond motifs is 2. The van der Waals surface area contributed by atoms with Crippen molar-refractivity contribution in [2.75, 3.05) is 10.7 Å². The summed E-state index contributed by atoms with van der Waals surface area (Å²) in [5, 5.41) is 0.0211. The van der Waals surface area contributed by atoms with Gasteiger partial charge >= 0.3 is 0 Å². The van der Waals surface area contributed by atoms with Gasteiger partial charge in [0.15, 0.2) is 4.87 Å². The van der Waals surface area contributed by atoms with Crippen LogP contribution in [0.3, 0.4) is 0 Å². The highest BCUT2D eigenvalue weighted by Crippen LogP contribution is 2.57. The minimum atomic E-state index is -0.912. The highest BCUT2D eigenvalue weighted by atomic mass is 32.2. The van der Waals surface area contributed by atoms with Gasteiger partial charge in [0.05, 0.1) is 5.75 Å². The van der Waals surface area contributed by atoms with Crippen LogP contribution in [0.2, 0.25) is 0 Å². The van der Waals surface area contributed by atoms with Gasteiger partial charge in [-0.15, -0.1) is 11.8 Å². The molecule has 1 amide bonds. The zero-order valence-electron chi connectivity index (χ0n) is 11.9. The SMILES string of the molecule is Cc1ccc2c(c1)C1(SCC(=O)N1c1ccccc1)C(=O)S2. The van der Waals surface area contributed by atoms with Gasteiger partial charge in [0.25, 0.3) is 0 Å². The normalized spacial score (nSPS) is 23.4. The second kappa shape index (κ2) is 4.89. The first kappa shape index (κ1) is 13.9. The summed E-state index contributed by atoms with van der Waals surface area (Å²) < 4.78 is 0. The van der Waals surface area contributed by atoms with Crippen LogP contribution < -0.4 is 4.90 Å². The van der Waals surface area contributed by atoms with Crippen molar-refractivity contribution < 1.29 is 9.59 Å². The monoisotopic (exact) mass is 327 g/mol. The number of nitrogens with zero attached hydrogens (tertiary/aromatic N) is 1. The van der Waals surface area contributed by atoms with Crippen LogP contribution in [0.5, 0.6) is 0 Å². The second-order valence-corrected chi connectivity index (χ2v) is 7.57. The maximum atomic E-state index is 12.8. The Hall–Kier alpha value is -1.72. The van der Waals surface area contributed by atoms with E-state index in [9.17, 15) is 9.59 Å². The third-order valence-electron chi connectivity index (χ3n) is 3.96. The molecule has 4 rings (SSSR count). The second-order valence-electron chi connectivity index (χ2n) is 5.39. The van der Waals surface area contributed by atoms with E-state index < -0.39 is 4.87 Å². The quantitative estimate of drug-likeness (QED) is 0.802. The average molecular weight is 327 g/mol. The number of carbonyl (C=O) groups excluding carboxylic acids is 2. The van der Waals surface area contributed by atoms with Crippen LogP contribution in [-0.2, 0) is 14.5 Å². The Kier molecular flexibility index (Phi) is 3.09. The van der Waals surface area contributed by atoms with Gasteiger partial charge in [-0.2, -0.15) is 0 Å². The minimum absolute atomic E-state index is 0.0143. The molecule has 1 saturated heterocycles. The summed E-state index contributed by atoms with van der Waals surface area (Å²) in [5.41, 5.74) is 2.82. The number of thioether (sulfide) groups is 2. The van der Waals surface area contributed by atoms with Gasteiger partial charge in [-0.3, -0.25) is 14.5 Å². The molecule has 1 spiro atoms. The van der Waals surface area contributed by atoms with E-state index in [-0.39, 0.29) is 11.0 Å². The summed E-state index contributed by atoms with van der Waals surface area (Å²) >= 11 is 2.67. The van der Waals surface area contributed by atoms with Crippen LogP contribution in [0.1, 0.15) is 11.1 Å². The Morgan fingerprint density at radius 2 is 1.86 bits per heavy atom. The first-order valence-electron chi connectivity index (χ1n) is 6.98. The predicted molar refractivity (Wildman–Crippen MR) is 90.1 cm³/mol. The van der Waals surface area contributed by atoms with E-state index >= 15 is 0 Å². The maximum Gasteiger partial charge on any atom is 0.238 e. The fraction of sp³-hybridized carbons (Fsp3) is 0.176. The van der Waals surface area contributed by atoms with Crippen molar-refractivity contribution in [3.63, 3.8) is 0 Å². The van der Waals surface area contributed by atoms with Gasteiger partial charge in [0.2, 0.25) is 11.0 Å². The van der Waals surface area contributed by atoms with Gasteiger partial charge in [0.1, 0.15) is 0 Å². The van der Waals surface area contributed by atoms with Crippen molar-refractivity contribution in [2.45, 2.75) is 16.7 Å². The van der Waals surface area contributed by atoms with Crippen LogP contribution in [0.4, 0.5) is 5.69 Å². The van der Waals surface area contributed by atoms with Crippen LogP contribution in [0.15, 0.2) is 53.4 Å². The van der Waals surface area contributed by atoms with Gasteiger partial charge in [-0.1, -0.05) is 35.9 Å². The maximum absolute atomic E-state index is 12.8. The summed E-state index contributed by atoms with van der Waals surface area (Å²) in [4.78, 5) is 27.1. The fourth-order valence-electron chi connectivity index (χ4n) is 3.00. The number of hydrogen-bond acceptors (Lipinski definition) is 4. The smallest absolute Gasteiger partial charge is 0.238 e. The molecule has 22 heavy (non-hydrogen) atoms. The topological polar surface area (TPSA) is 37.4 Å². The van der Waals surface area contributed by atoms with Gasteiger partial charge in [0, 0.05) is 16.1 Å². The van der Waals surface area contributed by atoms with Crippen LogP contribution >= 0.6 is 23.5 Å². The molecule has 0 aliphatic carbocycles. The van der Waals surface area contributed by atoms with Gasteiger partial charge in [-0.05, 0) is 36.9 Å². The predicted octanol–water partition coefficient (Wildman–Crippen LogP) is 3.56. The number of hydrogen-bond donors (Lipinski definition) is 0. The molecule has 2 aliphatic heterocycles. The lowest BCUT2D eigenvalue weighted by Crippen LogP contribution is -2.45. The Labute approximate surface area is 137 Å². The summed E-state index contributed by atoms with van der Waals surface area (Å²) in [6, 6.07) is 15.5. The Bertz CT molecular complexity index is 791. The number of para-hydroxylation sites is 1. The molecular weight excluding hydrogens is 314 g/mol. The number of carbonyl (C=O) groups is 2. The van der Waals surface area contributed by atoms with E-state index in [4.69, 9.17) is 0 Å². The molecule has 0 aromatic heterocycles. The highest BCUT2D eigenvalue weighted by molar-refractivity contribution is 8.17. The van der Waals surface area contributed by atoms with Crippen LogP contribution in [-0.4, -0.2) is 16.8 Å². The van der Waals surface area contributed by atoms with E-state index in [1.807, 2.05) is 55.5 Å². The molecule has 0 saturated carbocycles. The largest absolute Gasteiger partial charge is 0.284 e. The summed E-state index contributed by atoms with van der Waals surface area (Å²) in [6.07, 6.45) is 0.